The van der Waals surface area contributed by atoms with Gasteiger partial charge in [0.25, 0.3) is 0 Å². The molecule has 1 saturated heterocycles. The molecule has 28 heavy (non-hydrogen) atoms. The first-order chi connectivity index (χ1) is 13.5. The van der Waals surface area contributed by atoms with Gasteiger partial charge in [-0.25, -0.2) is 8.42 Å². The summed E-state index contributed by atoms with van der Waals surface area (Å²) >= 11 is 0. The van der Waals surface area contributed by atoms with Crippen LogP contribution >= 0.6 is 0 Å². The third-order valence-corrected chi connectivity index (χ3v) is 8.72. The zero-order valence-electron chi connectivity index (χ0n) is 16.9. The molecule has 0 radical (unpaired) electrons. The lowest BCUT2D eigenvalue weighted by atomic mass is 9.77. The molecule has 3 atom stereocenters. The van der Waals surface area contributed by atoms with Crippen LogP contribution in [0.15, 0.2) is 59.5 Å². The van der Waals surface area contributed by atoms with Gasteiger partial charge in [-0.15, -0.1) is 0 Å². The number of rotatable bonds is 6. The molecule has 0 N–H and O–H groups in total. The minimum Gasteiger partial charge on any atom is -0.286 e. The van der Waals surface area contributed by atoms with E-state index in [1.807, 2.05) is 18.2 Å². The highest BCUT2D eigenvalue weighted by molar-refractivity contribution is 7.92. The summed E-state index contributed by atoms with van der Waals surface area (Å²) in [5, 5.41) is -0.421. The number of sulfone groups is 1. The molecule has 4 rings (SSSR count). The third kappa shape index (κ3) is 3.77. The quantitative estimate of drug-likeness (QED) is 0.697. The van der Waals surface area contributed by atoms with Crippen molar-refractivity contribution in [1.82, 2.24) is 4.90 Å². The lowest BCUT2D eigenvalue weighted by molar-refractivity contribution is 0.269. The molecule has 2 aromatic carbocycles. The van der Waals surface area contributed by atoms with Gasteiger partial charge in [0, 0.05) is 19.0 Å². The van der Waals surface area contributed by atoms with Gasteiger partial charge in [-0.3, -0.25) is 4.90 Å². The molecule has 0 spiro atoms. The minimum absolute atomic E-state index is 0.421. The van der Waals surface area contributed by atoms with Crippen LogP contribution in [0.1, 0.15) is 50.2 Å². The number of hydrogen-bond donors (Lipinski definition) is 0. The van der Waals surface area contributed by atoms with Gasteiger partial charge in [0.1, 0.15) is 5.37 Å². The Balaban J connectivity index is 1.63. The molecule has 3 nitrogen and oxygen atoms in total. The lowest BCUT2D eigenvalue weighted by Gasteiger charge is -2.28. The van der Waals surface area contributed by atoms with E-state index in [2.05, 4.69) is 43.0 Å². The van der Waals surface area contributed by atoms with E-state index in [-0.39, 0.29) is 0 Å². The summed E-state index contributed by atoms with van der Waals surface area (Å²) in [7, 11) is -3.37. The molecule has 4 heteroatoms. The monoisotopic (exact) mass is 397 g/mol. The Morgan fingerprint density at radius 1 is 0.964 bits per heavy atom. The molecule has 0 amide bonds. The van der Waals surface area contributed by atoms with E-state index in [1.54, 1.807) is 12.1 Å². The number of fused-ring (bicyclic) bond motifs is 3. The largest absolute Gasteiger partial charge is 0.286 e. The van der Waals surface area contributed by atoms with Gasteiger partial charge < -0.3 is 0 Å². The van der Waals surface area contributed by atoms with Crippen LogP contribution in [-0.2, 0) is 16.3 Å². The summed E-state index contributed by atoms with van der Waals surface area (Å²) in [6, 6.07) is 17.8. The van der Waals surface area contributed by atoms with Crippen molar-refractivity contribution in [3.05, 3.63) is 65.7 Å². The van der Waals surface area contributed by atoms with Crippen molar-refractivity contribution in [2.75, 3.05) is 13.1 Å². The summed E-state index contributed by atoms with van der Waals surface area (Å²) in [6.45, 7) is 6.10. The van der Waals surface area contributed by atoms with Crippen molar-refractivity contribution in [3.8, 4) is 0 Å². The molecule has 2 aromatic rings. The van der Waals surface area contributed by atoms with Crippen molar-refractivity contribution >= 4 is 9.84 Å². The fraction of sp³-hybridized carbons (Fsp3) is 0.500. The van der Waals surface area contributed by atoms with Gasteiger partial charge in [0.05, 0.1) is 4.90 Å². The van der Waals surface area contributed by atoms with Crippen LogP contribution < -0.4 is 0 Å². The predicted molar refractivity (Wildman–Crippen MR) is 114 cm³/mol. The number of likely N-dealkylation sites (tertiary alicyclic amines) is 1. The maximum atomic E-state index is 13.5. The van der Waals surface area contributed by atoms with E-state index in [1.165, 1.54) is 17.5 Å². The standard InChI is InChI=1S/C24H31NO2S/c1-18(2)12-15-24(28(26,27)21-9-4-3-5-10-21)25-16-20-14-13-19-8-6-7-11-22(19)23(20)17-25/h3-11,18,20,23-24H,12-17H2,1-2H3. The fourth-order valence-corrected chi connectivity index (χ4v) is 6.89. The van der Waals surface area contributed by atoms with Crippen molar-refractivity contribution in [2.24, 2.45) is 11.8 Å². The zero-order chi connectivity index (χ0) is 19.7. The highest BCUT2D eigenvalue weighted by Crippen LogP contribution is 2.43. The Morgan fingerprint density at radius 2 is 1.68 bits per heavy atom. The van der Waals surface area contributed by atoms with Gasteiger partial charge in [0.15, 0.2) is 9.84 Å². The van der Waals surface area contributed by atoms with E-state index in [0.717, 1.165) is 25.9 Å². The smallest absolute Gasteiger partial charge is 0.194 e. The van der Waals surface area contributed by atoms with Crippen molar-refractivity contribution in [3.63, 3.8) is 0 Å². The summed E-state index contributed by atoms with van der Waals surface area (Å²) in [5.41, 5.74) is 2.90. The second kappa shape index (κ2) is 8.00. The molecule has 0 aromatic heterocycles. The normalized spacial score (nSPS) is 23.4. The highest BCUT2D eigenvalue weighted by Gasteiger charge is 2.43. The van der Waals surface area contributed by atoms with Crippen LogP contribution in [0.3, 0.4) is 0 Å². The molecule has 1 aliphatic heterocycles. The maximum absolute atomic E-state index is 13.5. The Hall–Kier alpha value is -1.65. The van der Waals surface area contributed by atoms with Crippen LogP contribution in [0.5, 0.6) is 0 Å². The molecule has 1 heterocycles. The van der Waals surface area contributed by atoms with Crippen LogP contribution in [0, 0.1) is 11.8 Å². The average Bonchev–Trinajstić information content (AvgIpc) is 3.12. The van der Waals surface area contributed by atoms with E-state index in [0.29, 0.717) is 29.1 Å². The Labute approximate surface area is 169 Å². The van der Waals surface area contributed by atoms with Crippen molar-refractivity contribution in [1.29, 1.82) is 0 Å². The number of benzene rings is 2. The van der Waals surface area contributed by atoms with Crippen molar-refractivity contribution < 1.29 is 8.42 Å². The van der Waals surface area contributed by atoms with Gasteiger partial charge in [-0.05, 0) is 60.8 Å². The van der Waals surface area contributed by atoms with Crippen LogP contribution in [0.2, 0.25) is 0 Å². The third-order valence-electron chi connectivity index (χ3n) is 6.54. The summed E-state index contributed by atoms with van der Waals surface area (Å²) < 4.78 is 27.1. The first-order valence-corrected chi connectivity index (χ1v) is 12.1. The number of nitrogens with zero attached hydrogens (tertiary/aromatic N) is 1. The molecule has 0 saturated carbocycles. The van der Waals surface area contributed by atoms with E-state index in [4.69, 9.17) is 0 Å². The van der Waals surface area contributed by atoms with E-state index in [9.17, 15) is 8.42 Å². The molecule has 0 bridgehead atoms. The highest BCUT2D eigenvalue weighted by atomic mass is 32.2. The molecule has 150 valence electrons. The first-order valence-electron chi connectivity index (χ1n) is 10.6. The maximum Gasteiger partial charge on any atom is 0.194 e. The van der Waals surface area contributed by atoms with Crippen molar-refractivity contribution in [2.45, 2.75) is 55.7 Å². The van der Waals surface area contributed by atoms with E-state index >= 15 is 0 Å². The molecule has 1 fully saturated rings. The second-order valence-electron chi connectivity index (χ2n) is 8.84. The predicted octanol–water partition coefficient (Wildman–Crippen LogP) is 4.88. The average molecular weight is 398 g/mol. The van der Waals surface area contributed by atoms with Crippen LogP contribution in [-0.4, -0.2) is 31.8 Å². The minimum atomic E-state index is -3.37. The summed E-state index contributed by atoms with van der Waals surface area (Å²) in [6.07, 6.45) is 3.92. The Kier molecular flexibility index (Phi) is 5.62. The first kappa shape index (κ1) is 19.7. The molecule has 1 aliphatic carbocycles. The lowest BCUT2D eigenvalue weighted by Crippen LogP contribution is -2.40. The SMILES string of the molecule is CC(C)CCC(N1CC2CCc3ccccc3C2C1)S(=O)(=O)c1ccccc1. The topological polar surface area (TPSA) is 37.4 Å². The van der Waals surface area contributed by atoms with Gasteiger partial charge in [0.2, 0.25) is 0 Å². The Bertz CT molecular complexity index is 907. The van der Waals surface area contributed by atoms with Crippen LogP contribution in [0.4, 0.5) is 0 Å². The fourth-order valence-electron chi connectivity index (χ4n) is 5.03. The molecular formula is C24H31NO2S. The van der Waals surface area contributed by atoms with Gasteiger partial charge >= 0.3 is 0 Å². The molecule has 2 aliphatic rings. The van der Waals surface area contributed by atoms with Gasteiger partial charge in [-0.2, -0.15) is 0 Å². The van der Waals surface area contributed by atoms with Crippen LogP contribution in [0.25, 0.3) is 0 Å². The van der Waals surface area contributed by atoms with E-state index < -0.39 is 15.2 Å². The van der Waals surface area contributed by atoms with Gasteiger partial charge in [-0.1, -0.05) is 56.3 Å². The number of hydrogen-bond acceptors (Lipinski definition) is 3. The molecule has 3 unspecified atom stereocenters. The zero-order valence-corrected chi connectivity index (χ0v) is 17.7. The second-order valence-corrected chi connectivity index (χ2v) is 10.9. The number of aryl methyl sites for hydroxylation is 1. The summed E-state index contributed by atoms with van der Waals surface area (Å²) in [4.78, 5) is 2.74. The Morgan fingerprint density at radius 3 is 2.43 bits per heavy atom. The molecular weight excluding hydrogens is 366 g/mol. The summed E-state index contributed by atoms with van der Waals surface area (Å²) in [5.74, 6) is 1.54.